The Labute approximate surface area is 120 Å². The maximum Gasteiger partial charge on any atom is 0.126 e. The topological polar surface area (TPSA) is 29.3 Å². The summed E-state index contributed by atoms with van der Waals surface area (Å²) in [5.74, 6) is -0.553. The summed E-state index contributed by atoms with van der Waals surface area (Å²) in [4.78, 5) is 2.29. The molecule has 2 nitrogen and oxygen atoms in total. The molecule has 112 valence electrons. The predicted octanol–water partition coefficient (Wildman–Crippen LogP) is 3.48. The highest BCUT2D eigenvalue weighted by atomic mass is 19.1. The van der Waals surface area contributed by atoms with Gasteiger partial charge in [0.1, 0.15) is 11.6 Å². The fourth-order valence-corrected chi connectivity index (χ4v) is 3.14. The summed E-state index contributed by atoms with van der Waals surface area (Å²) in [5.41, 5.74) is 6.96. The molecule has 1 aliphatic heterocycles. The number of hydrogen-bond acceptors (Lipinski definition) is 2. The van der Waals surface area contributed by atoms with Crippen molar-refractivity contribution in [1.29, 1.82) is 0 Å². The summed E-state index contributed by atoms with van der Waals surface area (Å²) in [6.07, 6.45) is 3.07. The van der Waals surface area contributed by atoms with Crippen LogP contribution in [-0.2, 0) is 0 Å². The molecular weight excluding hydrogens is 258 g/mol. The number of rotatable bonds is 3. The molecule has 0 amide bonds. The molecule has 0 spiro atoms. The van der Waals surface area contributed by atoms with Crippen LogP contribution in [-0.4, -0.2) is 24.0 Å². The average Bonchev–Trinajstić information content (AvgIpc) is 2.49. The largest absolute Gasteiger partial charge is 0.326 e. The molecule has 2 atom stereocenters. The van der Waals surface area contributed by atoms with E-state index in [9.17, 15) is 8.78 Å². The van der Waals surface area contributed by atoms with Gasteiger partial charge in [0.15, 0.2) is 0 Å². The van der Waals surface area contributed by atoms with Gasteiger partial charge in [0.25, 0.3) is 0 Å². The van der Waals surface area contributed by atoms with Gasteiger partial charge in [-0.1, -0.05) is 20.3 Å². The van der Waals surface area contributed by atoms with Gasteiger partial charge in [-0.2, -0.15) is 0 Å². The molecule has 1 fully saturated rings. The maximum atomic E-state index is 13.5. The molecule has 2 unspecified atom stereocenters. The Morgan fingerprint density at radius 3 is 2.45 bits per heavy atom. The Morgan fingerprint density at radius 2 is 1.85 bits per heavy atom. The number of hydrogen-bond donors (Lipinski definition) is 1. The van der Waals surface area contributed by atoms with Gasteiger partial charge in [-0.25, -0.2) is 8.78 Å². The molecule has 0 saturated carbocycles. The minimum Gasteiger partial charge on any atom is -0.326 e. The summed E-state index contributed by atoms with van der Waals surface area (Å²) in [5, 5.41) is 0. The van der Waals surface area contributed by atoms with Crippen LogP contribution in [0.3, 0.4) is 0 Å². The first kappa shape index (κ1) is 15.4. The van der Waals surface area contributed by atoms with E-state index in [0.29, 0.717) is 11.5 Å². The lowest BCUT2D eigenvalue weighted by Crippen LogP contribution is -2.41. The smallest absolute Gasteiger partial charge is 0.126 e. The molecule has 0 bridgehead atoms. The van der Waals surface area contributed by atoms with E-state index in [1.807, 2.05) is 0 Å². The molecule has 1 saturated heterocycles. The van der Waals surface area contributed by atoms with E-state index in [1.165, 1.54) is 12.1 Å². The monoisotopic (exact) mass is 282 g/mol. The number of nitrogens with two attached hydrogens (primary N) is 1. The van der Waals surface area contributed by atoms with E-state index in [2.05, 4.69) is 18.7 Å². The quantitative estimate of drug-likeness (QED) is 0.919. The fourth-order valence-electron chi connectivity index (χ4n) is 3.14. The minimum atomic E-state index is -0.527. The molecule has 4 heteroatoms. The zero-order valence-corrected chi connectivity index (χ0v) is 12.3. The molecule has 1 aromatic carbocycles. The first-order chi connectivity index (χ1) is 9.47. The Balaban J connectivity index is 2.34. The van der Waals surface area contributed by atoms with Crippen LogP contribution in [0.2, 0.25) is 0 Å². The Hall–Kier alpha value is -1.00. The number of halogens is 2. The highest BCUT2D eigenvalue weighted by Gasteiger charge is 2.29. The highest BCUT2D eigenvalue weighted by Crippen LogP contribution is 2.31. The van der Waals surface area contributed by atoms with Crippen LogP contribution in [0.4, 0.5) is 8.78 Å². The van der Waals surface area contributed by atoms with Gasteiger partial charge < -0.3 is 5.73 Å². The second-order valence-electron chi connectivity index (χ2n) is 6.20. The third kappa shape index (κ3) is 3.76. The van der Waals surface area contributed by atoms with E-state index in [0.717, 1.165) is 38.4 Å². The average molecular weight is 282 g/mol. The van der Waals surface area contributed by atoms with Crippen molar-refractivity contribution in [2.75, 3.05) is 13.1 Å². The first-order valence-electron chi connectivity index (χ1n) is 7.43. The number of likely N-dealkylation sites (tertiary alicyclic amines) is 1. The van der Waals surface area contributed by atoms with E-state index < -0.39 is 11.6 Å². The Kier molecular flexibility index (Phi) is 5.11. The second-order valence-corrected chi connectivity index (χ2v) is 6.20. The Bertz CT molecular complexity index is 428. The fraction of sp³-hybridized carbons (Fsp3) is 0.625. The van der Waals surface area contributed by atoms with E-state index in [1.54, 1.807) is 0 Å². The molecule has 2 rings (SSSR count). The summed E-state index contributed by atoms with van der Waals surface area (Å²) in [6.45, 7) is 6.14. The summed E-state index contributed by atoms with van der Waals surface area (Å²) < 4.78 is 27.0. The number of nitrogens with zero attached hydrogens (tertiary/aromatic N) is 1. The van der Waals surface area contributed by atoms with Crippen molar-refractivity contribution < 1.29 is 8.78 Å². The third-order valence-corrected chi connectivity index (χ3v) is 3.86. The van der Waals surface area contributed by atoms with Crippen molar-refractivity contribution in [1.82, 2.24) is 4.90 Å². The summed E-state index contributed by atoms with van der Waals surface area (Å²) >= 11 is 0. The van der Waals surface area contributed by atoms with Gasteiger partial charge in [-0.15, -0.1) is 0 Å². The van der Waals surface area contributed by atoms with Gasteiger partial charge in [0, 0.05) is 18.7 Å². The SMILES string of the molecule is CC(C)CN1CCCCC(N)C1c1cc(F)cc(F)c1. The van der Waals surface area contributed by atoms with E-state index in [4.69, 9.17) is 5.73 Å². The van der Waals surface area contributed by atoms with Crippen LogP contribution in [0.1, 0.15) is 44.7 Å². The molecule has 1 aromatic rings. The molecule has 0 aliphatic carbocycles. The third-order valence-electron chi connectivity index (χ3n) is 3.86. The zero-order chi connectivity index (χ0) is 14.7. The molecule has 1 heterocycles. The minimum absolute atomic E-state index is 0.0718. The molecule has 2 N–H and O–H groups in total. The van der Waals surface area contributed by atoms with Gasteiger partial charge in [-0.05, 0) is 43.0 Å². The Morgan fingerprint density at radius 1 is 1.20 bits per heavy atom. The lowest BCUT2D eigenvalue weighted by Gasteiger charge is -2.35. The van der Waals surface area contributed by atoms with Crippen LogP contribution < -0.4 is 5.73 Å². The van der Waals surface area contributed by atoms with Crippen molar-refractivity contribution in [3.63, 3.8) is 0 Å². The molecule has 0 aromatic heterocycles. The highest BCUT2D eigenvalue weighted by molar-refractivity contribution is 5.23. The van der Waals surface area contributed by atoms with Crippen LogP contribution in [0.15, 0.2) is 18.2 Å². The van der Waals surface area contributed by atoms with Crippen molar-refractivity contribution in [3.05, 3.63) is 35.4 Å². The van der Waals surface area contributed by atoms with Crippen LogP contribution in [0.5, 0.6) is 0 Å². The van der Waals surface area contributed by atoms with Crippen molar-refractivity contribution in [2.24, 2.45) is 11.7 Å². The van der Waals surface area contributed by atoms with E-state index in [-0.39, 0.29) is 12.1 Å². The second kappa shape index (κ2) is 6.64. The summed E-state index contributed by atoms with van der Waals surface area (Å²) in [6, 6.07) is 3.60. The molecular formula is C16H24F2N2. The molecule has 0 radical (unpaired) electrons. The standard InChI is InChI=1S/C16H24F2N2/c1-11(2)10-20-6-4-3-5-15(19)16(20)12-7-13(17)9-14(18)8-12/h7-9,11,15-16H,3-6,10,19H2,1-2H3. The van der Waals surface area contributed by atoms with Crippen LogP contribution in [0.25, 0.3) is 0 Å². The van der Waals surface area contributed by atoms with Gasteiger partial charge in [0.2, 0.25) is 0 Å². The molecule has 1 aliphatic rings. The molecule has 20 heavy (non-hydrogen) atoms. The van der Waals surface area contributed by atoms with Gasteiger partial charge >= 0.3 is 0 Å². The van der Waals surface area contributed by atoms with Gasteiger partial charge in [-0.3, -0.25) is 4.90 Å². The lowest BCUT2D eigenvalue weighted by atomic mass is 9.95. The van der Waals surface area contributed by atoms with Crippen molar-refractivity contribution in [2.45, 2.75) is 45.2 Å². The number of benzene rings is 1. The van der Waals surface area contributed by atoms with Crippen molar-refractivity contribution >= 4 is 0 Å². The van der Waals surface area contributed by atoms with Gasteiger partial charge in [0.05, 0.1) is 6.04 Å². The van der Waals surface area contributed by atoms with E-state index >= 15 is 0 Å². The van der Waals surface area contributed by atoms with Crippen LogP contribution in [0, 0.1) is 17.6 Å². The summed E-state index contributed by atoms with van der Waals surface area (Å²) in [7, 11) is 0. The lowest BCUT2D eigenvalue weighted by molar-refractivity contribution is 0.165. The normalized spacial score (nSPS) is 24.9. The van der Waals surface area contributed by atoms with Crippen LogP contribution >= 0.6 is 0 Å². The zero-order valence-electron chi connectivity index (χ0n) is 12.3. The van der Waals surface area contributed by atoms with Crippen molar-refractivity contribution in [3.8, 4) is 0 Å². The predicted molar refractivity (Wildman–Crippen MR) is 77.3 cm³/mol. The maximum absolute atomic E-state index is 13.5. The first-order valence-corrected chi connectivity index (χ1v) is 7.43.